The second-order valence-electron chi connectivity index (χ2n) is 7.48. The Hall–Kier alpha value is -3.41. The van der Waals surface area contributed by atoms with Crippen LogP contribution in [0.5, 0.6) is 0 Å². The van der Waals surface area contributed by atoms with Gasteiger partial charge in [0.15, 0.2) is 0 Å². The maximum absolute atomic E-state index is 14.1. The number of halogens is 4. The Morgan fingerprint density at radius 2 is 1.91 bits per heavy atom. The molecule has 0 spiro atoms. The summed E-state index contributed by atoms with van der Waals surface area (Å²) in [6.07, 6.45) is -0.540. The van der Waals surface area contributed by atoms with Gasteiger partial charge in [-0.2, -0.15) is 31.8 Å². The lowest BCUT2D eigenvalue weighted by Gasteiger charge is -2.32. The molecule has 3 heterocycles. The first-order chi connectivity index (χ1) is 15.1. The number of carbonyl (C=O) groups excluding carboxylic acids is 2. The lowest BCUT2D eigenvalue weighted by Crippen LogP contribution is -2.43. The summed E-state index contributed by atoms with van der Waals surface area (Å²) < 4.78 is 54.1. The van der Waals surface area contributed by atoms with Crippen molar-refractivity contribution in [3.63, 3.8) is 0 Å². The summed E-state index contributed by atoms with van der Waals surface area (Å²) in [4.78, 5) is 31.1. The van der Waals surface area contributed by atoms with E-state index in [-0.39, 0.29) is 37.0 Å². The van der Waals surface area contributed by atoms with Gasteiger partial charge in [0, 0.05) is 18.4 Å². The predicted octanol–water partition coefficient (Wildman–Crippen LogP) is 4.33. The van der Waals surface area contributed by atoms with Gasteiger partial charge in [-0.15, -0.1) is 0 Å². The van der Waals surface area contributed by atoms with Crippen molar-refractivity contribution in [3.8, 4) is 0 Å². The number of carbonyl (C=O) groups is 2. The highest BCUT2D eigenvalue weighted by Crippen LogP contribution is 2.35. The van der Waals surface area contributed by atoms with Gasteiger partial charge in [0.25, 0.3) is 11.8 Å². The maximum atomic E-state index is 14.1. The zero-order chi connectivity index (χ0) is 23.2. The SMILES string of the molecule is Cc1cncc(NC(=O)c2cnn3c2C(=O)N(c2ccc(C(F)(F)F)c(F)c2)C[C@@H]3C)c1.S. The van der Waals surface area contributed by atoms with E-state index in [1.807, 2.05) is 0 Å². The molecule has 1 aliphatic rings. The van der Waals surface area contributed by atoms with E-state index in [2.05, 4.69) is 15.4 Å². The van der Waals surface area contributed by atoms with Crippen molar-refractivity contribution in [3.05, 3.63) is 71.1 Å². The number of hydrogen-bond acceptors (Lipinski definition) is 4. The Morgan fingerprint density at radius 1 is 1.18 bits per heavy atom. The van der Waals surface area contributed by atoms with E-state index >= 15 is 0 Å². The van der Waals surface area contributed by atoms with Gasteiger partial charge in [-0.25, -0.2) is 4.39 Å². The topological polar surface area (TPSA) is 80.1 Å². The van der Waals surface area contributed by atoms with Crippen LogP contribution in [0.25, 0.3) is 0 Å². The molecule has 0 aliphatic carbocycles. The highest BCUT2D eigenvalue weighted by atomic mass is 32.1. The average molecular weight is 481 g/mol. The largest absolute Gasteiger partial charge is 0.419 e. The minimum atomic E-state index is -4.85. The van der Waals surface area contributed by atoms with Crippen molar-refractivity contribution in [2.24, 2.45) is 0 Å². The second-order valence-corrected chi connectivity index (χ2v) is 7.48. The van der Waals surface area contributed by atoms with Crippen LogP contribution in [0.15, 0.2) is 42.9 Å². The molecule has 0 saturated heterocycles. The van der Waals surface area contributed by atoms with Crippen LogP contribution >= 0.6 is 13.5 Å². The number of rotatable bonds is 3. The summed E-state index contributed by atoms with van der Waals surface area (Å²) in [5.41, 5.74) is -0.278. The number of anilines is 2. The molecule has 7 nitrogen and oxygen atoms in total. The number of nitrogens with zero attached hydrogens (tertiary/aromatic N) is 4. The molecule has 0 bridgehead atoms. The van der Waals surface area contributed by atoms with E-state index in [9.17, 15) is 27.2 Å². The molecule has 2 aromatic heterocycles. The van der Waals surface area contributed by atoms with Crippen molar-refractivity contribution in [1.29, 1.82) is 0 Å². The van der Waals surface area contributed by atoms with Gasteiger partial charge in [0.05, 0.1) is 35.2 Å². The highest BCUT2D eigenvalue weighted by Gasteiger charge is 2.37. The van der Waals surface area contributed by atoms with Gasteiger partial charge in [0.2, 0.25) is 0 Å². The Labute approximate surface area is 192 Å². The Bertz CT molecular complexity index is 1230. The zero-order valence-electron chi connectivity index (χ0n) is 17.4. The van der Waals surface area contributed by atoms with Crippen molar-refractivity contribution in [1.82, 2.24) is 14.8 Å². The third-order valence-electron chi connectivity index (χ3n) is 5.05. The maximum Gasteiger partial charge on any atom is 0.419 e. The zero-order valence-corrected chi connectivity index (χ0v) is 18.4. The first-order valence-corrected chi connectivity index (χ1v) is 9.55. The van der Waals surface area contributed by atoms with Crippen molar-refractivity contribution < 1.29 is 27.2 Å². The number of hydrogen-bond donors (Lipinski definition) is 1. The summed E-state index contributed by atoms with van der Waals surface area (Å²) >= 11 is 0. The molecule has 0 radical (unpaired) electrons. The number of aromatic nitrogens is 3. The van der Waals surface area contributed by atoms with Gasteiger partial charge in [-0.1, -0.05) is 0 Å². The Morgan fingerprint density at radius 3 is 2.55 bits per heavy atom. The van der Waals surface area contributed by atoms with Gasteiger partial charge >= 0.3 is 6.18 Å². The van der Waals surface area contributed by atoms with Crippen LogP contribution in [0.3, 0.4) is 0 Å². The molecule has 1 aliphatic heterocycles. The monoisotopic (exact) mass is 481 g/mol. The summed E-state index contributed by atoms with van der Waals surface area (Å²) in [6.45, 7) is 3.57. The van der Waals surface area contributed by atoms with E-state index < -0.39 is 35.4 Å². The quantitative estimate of drug-likeness (QED) is 0.565. The number of alkyl halides is 3. The van der Waals surface area contributed by atoms with Crippen molar-refractivity contribution in [2.75, 3.05) is 16.8 Å². The molecule has 33 heavy (non-hydrogen) atoms. The van der Waals surface area contributed by atoms with Crippen LogP contribution < -0.4 is 10.2 Å². The standard InChI is InChI=1S/C21H17F4N5O2.H2S/c1-11-5-13(8-26-7-11)28-19(31)15-9-27-30-12(2)10-29(20(32)18(15)30)14-3-4-16(17(22)6-14)21(23,24)25;/h3-9,12H,10H2,1-2H3,(H,28,31);1H2/t12-;/m0./s1. The first-order valence-electron chi connectivity index (χ1n) is 9.55. The lowest BCUT2D eigenvalue weighted by molar-refractivity contribution is -0.139. The number of fused-ring (bicyclic) bond motifs is 1. The lowest BCUT2D eigenvalue weighted by atomic mass is 10.1. The number of amides is 2. The fourth-order valence-corrected chi connectivity index (χ4v) is 3.57. The molecule has 174 valence electrons. The summed E-state index contributed by atoms with van der Waals surface area (Å²) in [6, 6.07) is 3.57. The number of pyridine rings is 1. The van der Waals surface area contributed by atoms with Crippen LogP contribution in [0.2, 0.25) is 0 Å². The normalized spacial score (nSPS) is 15.6. The molecule has 1 aromatic carbocycles. The first kappa shape index (κ1) is 24.2. The van der Waals surface area contributed by atoms with E-state index in [0.717, 1.165) is 16.5 Å². The molecule has 0 fully saturated rings. The van der Waals surface area contributed by atoms with Gasteiger partial charge < -0.3 is 10.2 Å². The van der Waals surface area contributed by atoms with E-state index in [0.29, 0.717) is 17.8 Å². The molecule has 12 heteroatoms. The summed E-state index contributed by atoms with van der Waals surface area (Å²) in [5.74, 6) is -2.76. The molecule has 2 amide bonds. The van der Waals surface area contributed by atoms with Gasteiger partial charge in [-0.05, 0) is 43.7 Å². The van der Waals surface area contributed by atoms with E-state index in [4.69, 9.17) is 0 Å². The van der Waals surface area contributed by atoms with Crippen molar-refractivity contribution >= 4 is 36.7 Å². The molecule has 4 rings (SSSR count). The fraction of sp³-hybridized carbons (Fsp3) is 0.238. The molecule has 0 saturated carbocycles. The average Bonchev–Trinajstić information content (AvgIpc) is 3.16. The molecular weight excluding hydrogens is 462 g/mol. The van der Waals surface area contributed by atoms with Crippen LogP contribution in [-0.2, 0) is 6.18 Å². The van der Waals surface area contributed by atoms with Crippen LogP contribution in [0, 0.1) is 12.7 Å². The van der Waals surface area contributed by atoms with Crippen LogP contribution in [0.1, 0.15) is 44.9 Å². The minimum absolute atomic E-state index is 0. The molecular formula is C21H19F4N5O2S. The molecule has 0 unspecified atom stereocenters. The summed E-state index contributed by atoms with van der Waals surface area (Å²) in [5, 5.41) is 6.78. The van der Waals surface area contributed by atoms with Crippen LogP contribution in [-0.4, -0.2) is 33.1 Å². The van der Waals surface area contributed by atoms with E-state index in [1.165, 1.54) is 17.1 Å². The Kier molecular flexibility index (Phi) is 6.50. The molecule has 1 atom stereocenters. The minimum Gasteiger partial charge on any atom is -0.320 e. The fourth-order valence-electron chi connectivity index (χ4n) is 3.57. The summed E-state index contributed by atoms with van der Waals surface area (Å²) in [7, 11) is 0. The molecule has 1 N–H and O–H groups in total. The third kappa shape index (κ3) is 4.56. The van der Waals surface area contributed by atoms with Crippen molar-refractivity contribution in [2.45, 2.75) is 26.1 Å². The van der Waals surface area contributed by atoms with E-state index in [1.54, 1.807) is 26.1 Å². The van der Waals surface area contributed by atoms with Gasteiger partial charge in [-0.3, -0.25) is 19.3 Å². The third-order valence-corrected chi connectivity index (χ3v) is 5.05. The number of nitrogens with one attached hydrogen (secondary N) is 1. The van der Waals surface area contributed by atoms with Crippen LogP contribution in [0.4, 0.5) is 28.9 Å². The smallest absolute Gasteiger partial charge is 0.320 e. The predicted molar refractivity (Wildman–Crippen MR) is 117 cm³/mol. The number of aryl methyl sites for hydroxylation is 1. The number of benzene rings is 1. The molecule has 3 aromatic rings. The Balaban J connectivity index is 0.00000306. The second kappa shape index (κ2) is 8.85. The highest BCUT2D eigenvalue weighted by molar-refractivity contribution is 7.59. The van der Waals surface area contributed by atoms with Gasteiger partial charge in [0.1, 0.15) is 11.5 Å².